The number of aromatic amines is 1. The molecule has 1 heterocycles. The van der Waals surface area contributed by atoms with E-state index in [-0.39, 0.29) is 11.7 Å². The molecule has 7 heteroatoms. The molecule has 23 heavy (non-hydrogen) atoms. The lowest BCUT2D eigenvalue weighted by Crippen LogP contribution is -2.19. The standard InChI is InChI=1S/C16H13ClN4OS/c17-12-7-5-11(6-8-12)9-18-21-15(22)10-23-16-19-13-3-1-2-4-14(13)20-16/h1-9H,10H2,(H,19,20)(H,21,22)/b18-9+. The quantitative estimate of drug-likeness (QED) is 0.423. The molecule has 0 saturated heterocycles. The Morgan fingerprint density at radius 1 is 1.26 bits per heavy atom. The van der Waals surface area contributed by atoms with E-state index in [4.69, 9.17) is 11.6 Å². The third-order valence-corrected chi connectivity index (χ3v) is 4.11. The first-order chi connectivity index (χ1) is 11.2. The van der Waals surface area contributed by atoms with E-state index in [1.54, 1.807) is 18.3 Å². The molecule has 3 aromatic rings. The largest absolute Gasteiger partial charge is 0.333 e. The SMILES string of the molecule is O=C(CSc1nc2ccccc2[nH]1)N/N=C/c1ccc(Cl)cc1. The summed E-state index contributed by atoms with van der Waals surface area (Å²) in [6.45, 7) is 0. The van der Waals surface area contributed by atoms with Crippen LogP contribution in [0.25, 0.3) is 11.0 Å². The second-order valence-electron chi connectivity index (χ2n) is 4.69. The predicted molar refractivity (Wildman–Crippen MR) is 94.0 cm³/mol. The van der Waals surface area contributed by atoms with E-state index in [1.807, 2.05) is 36.4 Å². The summed E-state index contributed by atoms with van der Waals surface area (Å²) >= 11 is 7.13. The zero-order chi connectivity index (χ0) is 16.1. The van der Waals surface area contributed by atoms with Crippen molar-refractivity contribution < 1.29 is 4.79 Å². The van der Waals surface area contributed by atoms with Crippen LogP contribution in [0.4, 0.5) is 0 Å². The number of nitrogens with zero attached hydrogens (tertiary/aromatic N) is 2. The highest BCUT2D eigenvalue weighted by atomic mass is 35.5. The molecular formula is C16H13ClN4OS. The van der Waals surface area contributed by atoms with Gasteiger partial charge < -0.3 is 4.98 Å². The van der Waals surface area contributed by atoms with Crippen LogP contribution in [0.3, 0.4) is 0 Å². The Hall–Kier alpha value is -2.31. The lowest BCUT2D eigenvalue weighted by molar-refractivity contribution is -0.118. The van der Waals surface area contributed by atoms with Crippen molar-refractivity contribution in [1.82, 2.24) is 15.4 Å². The van der Waals surface area contributed by atoms with Gasteiger partial charge in [-0.05, 0) is 29.8 Å². The number of para-hydroxylation sites is 2. The summed E-state index contributed by atoms with van der Waals surface area (Å²) in [6, 6.07) is 14.9. The molecule has 5 nitrogen and oxygen atoms in total. The van der Waals surface area contributed by atoms with Gasteiger partial charge in [0.25, 0.3) is 5.91 Å². The number of aromatic nitrogens is 2. The minimum atomic E-state index is -0.194. The molecule has 0 aliphatic heterocycles. The number of fused-ring (bicyclic) bond motifs is 1. The summed E-state index contributed by atoms with van der Waals surface area (Å²) in [5.74, 6) is 0.0401. The number of hydrogen-bond donors (Lipinski definition) is 2. The number of carbonyl (C=O) groups excluding carboxylic acids is 1. The molecule has 2 N–H and O–H groups in total. The summed E-state index contributed by atoms with van der Waals surface area (Å²) in [4.78, 5) is 19.3. The number of nitrogens with one attached hydrogen (secondary N) is 2. The predicted octanol–water partition coefficient (Wildman–Crippen LogP) is 3.46. The first kappa shape index (κ1) is 15.6. The minimum absolute atomic E-state index is 0.194. The monoisotopic (exact) mass is 344 g/mol. The maximum Gasteiger partial charge on any atom is 0.250 e. The van der Waals surface area contributed by atoms with Crippen molar-refractivity contribution in [1.29, 1.82) is 0 Å². The average molecular weight is 345 g/mol. The van der Waals surface area contributed by atoms with Crippen molar-refractivity contribution in [3.63, 3.8) is 0 Å². The zero-order valence-electron chi connectivity index (χ0n) is 12.0. The number of thioether (sulfide) groups is 1. The second kappa shape index (κ2) is 7.30. The van der Waals surface area contributed by atoms with E-state index in [0.717, 1.165) is 16.6 Å². The number of carbonyl (C=O) groups is 1. The first-order valence-corrected chi connectivity index (χ1v) is 8.22. The van der Waals surface area contributed by atoms with Crippen molar-refractivity contribution in [2.45, 2.75) is 5.16 Å². The smallest absolute Gasteiger partial charge is 0.250 e. The Morgan fingerprint density at radius 3 is 2.83 bits per heavy atom. The number of hydrogen-bond acceptors (Lipinski definition) is 4. The van der Waals surface area contributed by atoms with Crippen molar-refractivity contribution in [3.8, 4) is 0 Å². The van der Waals surface area contributed by atoms with Gasteiger partial charge in [0.05, 0.1) is 23.0 Å². The normalized spacial score (nSPS) is 11.2. The molecule has 0 radical (unpaired) electrons. The summed E-state index contributed by atoms with van der Waals surface area (Å²) in [5.41, 5.74) is 5.19. The first-order valence-electron chi connectivity index (χ1n) is 6.86. The number of imidazole rings is 1. The molecule has 0 unspecified atom stereocenters. The van der Waals surface area contributed by atoms with E-state index in [2.05, 4.69) is 20.5 Å². The molecule has 0 bridgehead atoms. The van der Waals surface area contributed by atoms with Gasteiger partial charge in [-0.3, -0.25) is 4.79 Å². The van der Waals surface area contributed by atoms with Crippen LogP contribution in [0, 0.1) is 0 Å². The van der Waals surface area contributed by atoms with E-state index >= 15 is 0 Å². The van der Waals surface area contributed by atoms with Gasteiger partial charge in [0.15, 0.2) is 5.16 Å². The lowest BCUT2D eigenvalue weighted by Gasteiger charge is -1.98. The van der Waals surface area contributed by atoms with Crippen LogP contribution in [0.2, 0.25) is 5.02 Å². The van der Waals surface area contributed by atoms with E-state index in [0.29, 0.717) is 10.2 Å². The van der Waals surface area contributed by atoms with Crippen molar-refractivity contribution in [2.24, 2.45) is 5.10 Å². The molecule has 0 aliphatic carbocycles. The van der Waals surface area contributed by atoms with E-state index < -0.39 is 0 Å². The number of rotatable bonds is 5. The van der Waals surface area contributed by atoms with Gasteiger partial charge in [-0.1, -0.05) is 47.6 Å². The molecular weight excluding hydrogens is 332 g/mol. The minimum Gasteiger partial charge on any atom is -0.333 e. The van der Waals surface area contributed by atoms with Crippen LogP contribution in [0.1, 0.15) is 5.56 Å². The van der Waals surface area contributed by atoms with Crippen LogP contribution in [-0.2, 0) is 4.79 Å². The molecule has 116 valence electrons. The van der Waals surface area contributed by atoms with Gasteiger partial charge >= 0.3 is 0 Å². The van der Waals surface area contributed by atoms with Crippen LogP contribution in [0.15, 0.2) is 58.8 Å². The maximum atomic E-state index is 11.8. The van der Waals surface area contributed by atoms with Gasteiger partial charge in [0.1, 0.15) is 0 Å². The van der Waals surface area contributed by atoms with Crippen molar-refractivity contribution >= 4 is 46.5 Å². The maximum absolute atomic E-state index is 11.8. The summed E-state index contributed by atoms with van der Waals surface area (Å²) in [5, 5.41) is 5.29. The number of benzene rings is 2. The fraction of sp³-hybridized carbons (Fsp3) is 0.0625. The Labute approximate surface area is 142 Å². The Balaban J connectivity index is 1.50. The van der Waals surface area contributed by atoms with Crippen molar-refractivity contribution in [3.05, 3.63) is 59.1 Å². The summed E-state index contributed by atoms with van der Waals surface area (Å²) < 4.78 is 0. The fourth-order valence-electron chi connectivity index (χ4n) is 1.89. The topological polar surface area (TPSA) is 70.1 Å². The third-order valence-electron chi connectivity index (χ3n) is 2.98. The third kappa shape index (κ3) is 4.34. The Bertz CT molecular complexity index is 812. The molecule has 0 atom stereocenters. The average Bonchev–Trinajstić information content (AvgIpc) is 2.98. The van der Waals surface area contributed by atoms with Crippen LogP contribution >= 0.6 is 23.4 Å². The number of halogens is 1. The second-order valence-corrected chi connectivity index (χ2v) is 6.09. The van der Waals surface area contributed by atoms with Crippen LogP contribution < -0.4 is 5.43 Å². The number of H-pyrrole nitrogens is 1. The highest BCUT2D eigenvalue weighted by Crippen LogP contribution is 2.18. The number of hydrazone groups is 1. The zero-order valence-corrected chi connectivity index (χ0v) is 13.6. The summed E-state index contributed by atoms with van der Waals surface area (Å²) in [7, 11) is 0. The molecule has 0 spiro atoms. The molecule has 1 amide bonds. The van der Waals surface area contributed by atoms with Crippen LogP contribution in [0.5, 0.6) is 0 Å². The highest BCUT2D eigenvalue weighted by Gasteiger charge is 2.06. The van der Waals surface area contributed by atoms with E-state index in [1.165, 1.54) is 11.8 Å². The fourth-order valence-corrected chi connectivity index (χ4v) is 2.69. The van der Waals surface area contributed by atoms with Gasteiger partial charge in [0, 0.05) is 5.02 Å². The molecule has 0 saturated carbocycles. The lowest BCUT2D eigenvalue weighted by atomic mass is 10.2. The van der Waals surface area contributed by atoms with Crippen molar-refractivity contribution in [2.75, 3.05) is 5.75 Å². The van der Waals surface area contributed by atoms with E-state index in [9.17, 15) is 4.79 Å². The Kier molecular flexibility index (Phi) is 4.95. The van der Waals surface area contributed by atoms with Gasteiger partial charge in [-0.2, -0.15) is 5.10 Å². The molecule has 0 fully saturated rings. The molecule has 1 aromatic heterocycles. The van der Waals surface area contributed by atoms with Crippen LogP contribution in [-0.4, -0.2) is 27.8 Å². The highest BCUT2D eigenvalue weighted by molar-refractivity contribution is 7.99. The van der Waals surface area contributed by atoms with Gasteiger partial charge in [-0.25, -0.2) is 10.4 Å². The van der Waals surface area contributed by atoms with Gasteiger partial charge in [-0.15, -0.1) is 0 Å². The molecule has 3 rings (SSSR count). The summed E-state index contributed by atoms with van der Waals surface area (Å²) in [6.07, 6.45) is 1.57. The number of amides is 1. The molecule has 2 aromatic carbocycles. The molecule has 0 aliphatic rings. The van der Waals surface area contributed by atoms with Gasteiger partial charge in [0.2, 0.25) is 0 Å². The Morgan fingerprint density at radius 2 is 2.04 bits per heavy atom.